The highest BCUT2D eigenvalue weighted by Gasteiger charge is 1.93. The van der Waals surface area contributed by atoms with Gasteiger partial charge >= 0.3 is 8.25 Å². The first-order valence-corrected chi connectivity index (χ1v) is 7.90. The summed E-state index contributed by atoms with van der Waals surface area (Å²) < 4.78 is 8.70. The summed E-state index contributed by atoms with van der Waals surface area (Å²) in [5, 5.41) is 0. The van der Waals surface area contributed by atoms with Crippen molar-refractivity contribution < 1.29 is 14.4 Å². The van der Waals surface area contributed by atoms with Crippen LogP contribution in [0.2, 0.25) is 0 Å². The van der Waals surface area contributed by atoms with Crippen LogP contribution in [0.3, 0.4) is 0 Å². The van der Waals surface area contributed by atoms with Gasteiger partial charge in [-0.3, -0.25) is 0 Å². The van der Waals surface area contributed by atoms with Gasteiger partial charge in [-0.25, -0.2) is 0 Å². The van der Waals surface area contributed by atoms with Crippen molar-refractivity contribution in [3.05, 3.63) is 0 Å². The predicted octanol–water partition coefficient (Wildman–Crippen LogP) is 4.08. The van der Waals surface area contributed by atoms with Crippen molar-refractivity contribution >= 4 is 20.9 Å². The lowest BCUT2D eigenvalue weighted by molar-refractivity contribution is 0.405. The molecular weight excluding hydrogens is 243 g/mol. The molecule has 2 N–H and O–H groups in total. The fraction of sp³-hybridized carbons (Fsp3) is 1.00. The van der Waals surface area contributed by atoms with E-state index in [0.29, 0.717) is 0 Å². The summed E-state index contributed by atoms with van der Waals surface area (Å²) in [7, 11) is -2.87. The van der Waals surface area contributed by atoms with E-state index in [-0.39, 0.29) is 0 Å². The smallest absolute Gasteiger partial charge is 0.179 e. The fourth-order valence-electron chi connectivity index (χ4n) is 1.42. The normalized spacial score (nSPS) is 9.50. The molecule has 3 nitrogen and oxygen atoms in total. The first kappa shape index (κ1) is 18.7. The van der Waals surface area contributed by atoms with Crippen molar-refractivity contribution in [2.75, 3.05) is 5.75 Å². The van der Waals surface area contributed by atoms with Gasteiger partial charge in [-0.2, -0.15) is 12.6 Å². The van der Waals surface area contributed by atoms with Crippen molar-refractivity contribution in [3.63, 3.8) is 0 Å². The highest BCUT2D eigenvalue weighted by atomic mass is 32.1. The van der Waals surface area contributed by atoms with Gasteiger partial charge in [0, 0.05) is 4.57 Å². The van der Waals surface area contributed by atoms with Gasteiger partial charge in [0.1, 0.15) is 0 Å². The highest BCUT2D eigenvalue weighted by Crippen LogP contribution is 2.09. The van der Waals surface area contributed by atoms with Crippen LogP contribution in [0.15, 0.2) is 0 Å². The van der Waals surface area contributed by atoms with Gasteiger partial charge in [0.05, 0.1) is 0 Å². The third-order valence-corrected chi connectivity index (χ3v) is 2.58. The van der Waals surface area contributed by atoms with E-state index < -0.39 is 8.25 Å². The van der Waals surface area contributed by atoms with Gasteiger partial charge in [0.25, 0.3) is 0 Å². The zero-order valence-electron chi connectivity index (χ0n) is 10.3. The molecule has 0 bridgehead atoms. The number of hydrogen-bond acceptors (Lipinski definition) is 2. The van der Waals surface area contributed by atoms with Gasteiger partial charge in [-0.15, -0.1) is 9.79 Å². The molecule has 0 heterocycles. The van der Waals surface area contributed by atoms with Crippen LogP contribution < -0.4 is 0 Å². The van der Waals surface area contributed by atoms with E-state index in [4.69, 9.17) is 14.4 Å². The Hall–Kier alpha value is 0.370. The topological polar surface area (TPSA) is 57.5 Å². The molecule has 0 radical (unpaired) electrons. The Kier molecular flexibility index (Phi) is 20.8. The summed E-state index contributed by atoms with van der Waals surface area (Å²) in [5.41, 5.74) is 0. The Bertz CT molecular complexity index is 131. The molecule has 0 saturated carbocycles. The van der Waals surface area contributed by atoms with Crippen LogP contribution in [0.1, 0.15) is 64.7 Å². The molecular formula is C11H26O3PS+. The standard InChI is InChI=1S/C11H24S.HO3P/c1-2-3-4-5-6-7-8-9-10-11-12;1-4(2)3/h12H,2-11H2,1H3;(H-,1,2,3)/p+1. The Morgan fingerprint density at radius 1 is 0.875 bits per heavy atom. The van der Waals surface area contributed by atoms with E-state index >= 15 is 0 Å². The number of hydrogen-bond donors (Lipinski definition) is 3. The van der Waals surface area contributed by atoms with Crippen LogP contribution >= 0.6 is 20.9 Å². The Morgan fingerprint density at radius 2 is 1.19 bits per heavy atom. The average molecular weight is 269 g/mol. The molecule has 0 aromatic heterocycles. The predicted molar refractivity (Wildman–Crippen MR) is 73.1 cm³/mol. The summed E-state index contributed by atoms with van der Waals surface area (Å²) in [6.45, 7) is 2.27. The van der Waals surface area contributed by atoms with E-state index in [1.807, 2.05) is 0 Å². The molecule has 0 aliphatic heterocycles. The second kappa shape index (κ2) is 17.8. The van der Waals surface area contributed by atoms with Crippen LogP contribution in [-0.2, 0) is 4.57 Å². The molecule has 0 aromatic carbocycles. The van der Waals surface area contributed by atoms with Crippen molar-refractivity contribution in [1.29, 1.82) is 0 Å². The van der Waals surface area contributed by atoms with Crippen molar-refractivity contribution in [1.82, 2.24) is 0 Å². The lowest BCUT2D eigenvalue weighted by Crippen LogP contribution is -1.81. The van der Waals surface area contributed by atoms with Crippen LogP contribution in [0.5, 0.6) is 0 Å². The summed E-state index contributed by atoms with van der Waals surface area (Å²) >= 11 is 4.19. The number of rotatable bonds is 9. The van der Waals surface area contributed by atoms with Crippen molar-refractivity contribution in [2.45, 2.75) is 64.7 Å². The van der Waals surface area contributed by atoms with Gasteiger partial charge in [-0.05, 0) is 12.2 Å². The maximum absolute atomic E-state index is 8.70. The SMILES string of the molecule is CCCCCCCCCCCS.O=[P+](O)O. The molecule has 0 saturated heterocycles. The Morgan fingerprint density at radius 3 is 1.50 bits per heavy atom. The average Bonchev–Trinajstić information content (AvgIpc) is 2.21. The molecule has 0 fully saturated rings. The molecule has 0 rings (SSSR count). The van der Waals surface area contributed by atoms with E-state index in [2.05, 4.69) is 19.6 Å². The van der Waals surface area contributed by atoms with Crippen LogP contribution in [0.4, 0.5) is 0 Å². The minimum atomic E-state index is -2.87. The first-order valence-electron chi connectivity index (χ1n) is 6.11. The Balaban J connectivity index is 0. The van der Waals surface area contributed by atoms with Gasteiger partial charge < -0.3 is 0 Å². The maximum Gasteiger partial charge on any atom is 0.692 e. The van der Waals surface area contributed by atoms with E-state index in [1.54, 1.807) is 0 Å². The number of thiol groups is 1. The van der Waals surface area contributed by atoms with Crippen LogP contribution in [0, 0.1) is 0 Å². The van der Waals surface area contributed by atoms with E-state index in [9.17, 15) is 0 Å². The number of unbranched alkanes of at least 4 members (excludes halogenated alkanes) is 8. The second-order valence-corrected chi connectivity index (χ2v) is 4.76. The summed E-state index contributed by atoms with van der Waals surface area (Å²) in [5.74, 6) is 1.07. The molecule has 0 unspecified atom stereocenters. The molecule has 0 amide bonds. The Labute approximate surface area is 106 Å². The lowest BCUT2D eigenvalue weighted by atomic mass is 10.1. The first-order chi connectivity index (χ1) is 7.65. The van der Waals surface area contributed by atoms with Crippen molar-refractivity contribution in [2.24, 2.45) is 0 Å². The summed E-state index contributed by atoms with van der Waals surface area (Å²) in [6.07, 6.45) is 12.7. The summed E-state index contributed by atoms with van der Waals surface area (Å²) in [6, 6.07) is 0. The highest BCUT2D eigenvalue weighted by molar-refractivity contribution is 7.80. The minimum Gasteiger partial charge on any atom is -0.179 e. The third-order valence-electron chi connectivity index (χ3n) is 2.26. The van der Waals surface area contributed by atoms with Gasteiger partial charge in [0.2, 0.25) is 0 Å². The monoisotopic (exact) mass is 269 g/mol. The second-order valence-electron chi connectivity index (χ2n) is 3.80. The van der Waals surface area contributed by atoms with E-state index in [0.717, 1.165) is 5.75 Å². The molecule has 5 heteroatoms. The molecule has 0 atom stereocenters. The van der Waals surface area contributed by atoms with Crippen molar-refractivity contribution in [3.8, 4) is 0 Å². The fourth-order valence-corrected chi connectivity index (χ4v) is 1.65. The largest absolute Gasteiger partial charge is 0.692 e. The molecule has 0 aliphatic carbocycles. The van der Waals surface area contributed by atoms with E-state index in [1.165, 1.54) is 57.8 Å². The minimum absolute atomic E-state index is 1.07. The maximum atomic E-state index is 8.70. The van der Waals surface area contributed by atoms with Crippen LogP contribution in [0.25, 0.3) is 0 Å². The zero-order valence-corrected chi connectivity index (χ0v) is 12.1. The van der Waals surface area contributed by atoms with Gasteiger partial charge in [-0.1, -0.05) is 58.3 Å². The molecule has 0 aromatic rings. The molecule has 16 heavy (non-hydrogen) atoms. The molecule has 0 aliphatic rings. The quantitative estimate of drug-likeness (QED) is 0.336. The third kappa shape index (κ3) is 29.3. The van der Waals surface area contributed by atoms with Crippen LogP contribution in [-0.4, -0.2) is 15.5 Å². The zero-order chi connectivity index (χ0) is 12.6. The lowest BCUT2D eigenvalue weighted by Gasteiger charge is -1.99. The molecule has 0 spiro atoms. The summed E-state index contributed by atoms with van der Waals surface area (Å²) in [4.78, 5) is 14.2. The van der Waals surface area contributed by atoms with Gasteiger partial charge in [0.15, 0.2) is 0 Å². The molecule has 98 valence electrons.